The van der Waals surface area contributed by atoms with E-state index in [1.54, 1.807) is 48.1 Å². The van der Waals surface area contributed by atoms with Gasteiger partial charge in [0.2, 0.25) is 11.8 Å². The lowest BCUT2D eigenvalue weighted by molar-refractivity contribution is -0.138. The third kappa shape index (κ3) is 4.90. The first-order valence-electron chi connectivity index (χ1n) is 12.9. The van der Waals surface area contributed by atoms with Crippen LogP contribution in [0.5, 0.6) is 5.75 Å². The normalized spacial score (nSPS) is 18.7. The van der Waals surface area contributed by atoms with Crippen molar-refractivity contribution in [2.75, 3.05) is 44.7 Å². The number of aryl methyl sites for hydroxylation is 1. The fourth-order valence-electron chi connectivity index (χ4n) is 5.35. The van der Waals surface area contributed by atoms with Crippen LogP contribution in [-0.2, 0) is 16.0 Å². The fourth-order valence-corrected chi connectivity index (χ4v) is 5.35. The predicted molar refractivity (Wildman–Crippen MR) is 143 cm³/mol. The van der Waals surface area contributed by atoms with Crippen molar-refractivity contribution in [3.05, 3.63) is 94.0 Å². The van der Waals surface area contributed by atoms with E-state index in [2.05, 4.69) is 0 Å². The average Bonchev–Trinajstić information content (AvgIpc) is 3.61. The highest BCUT2D eigenvalue weighted by Gasteiger charge is 2.36. The minimum atomic E-state index is -0.501. The van der Waals surface area contributed by atoms with Gasteiger partial charge in [0.15, 0.2) is 0 Å². The topological polar surface area (TPSA) is 65.5 Å². The number of fused-ring (bicyclic) bond motifs is 1. The molecule has 0 saturated carbocycles. The standard InChI is InChI=1S/C30H28F2N4O3/c1-18-11-20(5-8-25(18)32)26-15-35(30(33-26)19-3-6-22(31)7-4-19)16-28(37)34-9-10-36(29(38)17-34)27-14-23(39-2)12-21-13-24(21)27/h3-8,11-12,14,30H,9-10,13,15-17H2,1-2H3. The molecule has 39 heavy (non-hydrogen) atoms. The second-order valence-corrected chi connectivity index (χ2v) is 10.2. The van der Waals surface area contributed by atoms with Gasteiger partial charge in [-0.15, -0.1) is 0 Å². The lowest BCUT2D eigenvalue weighted by atomic mass is 10.1. The summed E-state index contributed by atoms with van der Waals surface area (Å²) in [5.41, 5.74) is 5.96. The molecule has 3 aromatic carbocycles. The summed E-state index contributed by atoms with van der Waals surface area (Å²) < 4.78 is 32.9. The van der Waals surface area contributed by atoms with Gasteiger partial charge in [-0.05, 0) is 65.1 Å². The molecule has 200 valence electrons. The second kappa shape index (κ2) is 9.89. The smallest absolute Gasteiger partial charge is 0.246 e. The molecule has 1 saturated heterocycles. The number of hydrogen-bond acceptors (Lipinski definition) is 5. The quantitative estimate of drug-likeness (QED) is 0.380. The Hall–Kier alpha value is -4.11. The summed E-state index contributed by atoms with van der Waals surface area (Å²) in [5, 5.41) is 0. The molecule has 3 aliphatic rings. The van der Waals surface area contributed by atoms with Crippen LogP contribution in [0.2, 0.25) is 0 Å². The summed E-state index contributed by atoms with van der Waals surface area (Å²) >= 11 is 0. The van der Waals surface area contributed by atoms with Crippen molar-refractivity contribution in [2.45, 2.75) is 19.5 Å². The summed E-state index contributed by atoms with van der Waals surface area (Å²) in [4.78, 5) is 36.6. The second-order valence-electron chi connectivity index (χ2n) is 10.2. The van der Waals surface area contributed by atoms with Crippen LogP contribution in [0, 0.1) is 18.6 Å². The minimum Gasteiger partial charge on any atom is -0.497 e. The number of ether oxygens (including phenoxy) is 1. The van der Waals surface area contributed by atoms with E-state index in [4.69, 9.17) is 9.73 Å². The number of methoxy groups -OCH3 is 1. The van der Waals surface area contributed by atoms with Gasteiger partial charge in [0.1, 0.15) is 30.1 Å². The van der Waals surface area contributed by atoms with Crippen LogP contribution in [-0.4, -0.2) is 67.2 Å². The van der Waals surface area contributed by atoms with Crippen LogP contribution >= 0.6 is 0 Å². The Morgan fingerprint density at radius 2 is 1.85 bits per heavy atom. The molecule has 2 heterocycles. The van der Waals surface area contributed by atoms with E-state index in [9.17, 15) is 18.4 Å². The van der Waals surface area contributed by atoms with Crippen LogP contribution in [0.3, 0.4) is 0 Å². The van der Waals surface area contributed by atoms with E-state index in [0.717, 1.165) is 40.3 Å². The van der Waals surface area contributed by atoms with Gasteiger partial charge in [-0.3, -0.25) is 19.5 Å². The zero-order chi connectivity index (χ0) is 27.3. The van der Waals surface area contributed by atoms with Crippen LogP contribution < -0.4 is 9.64 Å². The van der Waals surface area contributed by atoms with Crippen LogP contribution in [0.4, 0.5) is 14.5 Å². The van der Waals surface area contributed by atoms with Crippen molar-refractivity contribution < 1.29 is 23.1 Å². The van der Waals surface area contributed by atoms with E-state index in [0.29, 0.717) is 25.2 Å². The Labute approximate surface area is 225 Å². The monoisotopic (exact) mass is 530 g/mol. The predicted octanol–water partition coefficient (Wildman–Crippen LogP) is 3.86. The minimum absolute atomic E-state index is 0.00918. The fraction of sp³-hybridized carbons (Fsp3) is 0.300. The number of piperazine rings is 1. The van der Waals surface area contributed by atoms with E-state index in [1.165, 1.54) is 23.8 Å². The van der Waals surface area contributed by atoms with Gasteiger partial charge in [0.05, 0.1) is 25.1 Å². The maximum absolute atomic E-state index is 13.9. The first kappa shape index (κ1) is 25.2. The number of halogens is 2. The summed E-state index contributed by atoms with van der Waals surface area (Å²) in [6.45, 7) is 2.91. The Balaban J connectivity index is 1.18. The van der Waals surface area contributed by atoms with Gasteiger partial charge in [0, 0.05) is 32.1 Å². The van der Waals surface area contributed by atoms with Gasteiger partial charge in [-0.2, -0.15) is 0 Å². The molecule has 1 unspecified atom stereocenters. The summed E-state index contributed by atoms with van der Waals surface area (Å²) in [7, 11) is 1.61. The maximum Gasteiger partial charge on any atom is 0.246 e. The van der Waals surface area contributed by atoms with Crippen molar-refractivity contribution >= 4 is 23.2 Å². The number of amides is 2. The van der Waals surface area contributed by atoms with Crippen LogP contribution in [0.1, 0.15) is 34.0 Å². The molecule has 7 nitrogen and oxygen atoms in total. The molecule has 2 amide bonds. The molecule has 3 aromatic rings. The van der Waals surface area contributed by atoms with Crippen molar-refractivity contribution in [3.8, 4) is 5.75 Å². The van der Waals surface area contributed by atoms with Gasteiger partial charge in [0.25, 0.3) is 0 Å². The molecule has 6 rings (SSSR count). The summed E-state index contributed by atoms with van der Waals surface area (Å²) in [6, 6.07) is 14.7. The van der Waals surface area contributed by atoms with Crippen molar-refractivity contribution in [1.82, 2.24) is 9.80 Å². The van der Waals surface area contributed by atoms with E-state index < -0.39 is 6.17 Å². The SMILES string of the molecule is COc1cc2c(c(N3CCN(C(=O)CN4CC(c5ccc(F)c(C)c5)=NC4c4ccc(F)cc4)CC3=O)c1)C2. The highest BCUT2D eigenvalue weighted by Crippen LogP contribution is 2.41. The average molecular weight is 531 g/mol. The lowest BCUT2D eigenvalue weighted by Crippen LogP contribution is -2.54. The van der Waals surface area contributed by atoms with Crippen LogP contribution in [0.25, 0.3) is 0 Å². The highest BCUT2D eigenvalue weighted by molar-refractivity contribution is 6.04. The number of anilines is 1. The van der Waals surface area contributed by atoms with Crippen LogP contribution in [0.15, 0.2) is 59.6 Å². The number of nitrogens with zero attached hydrogens (tertiary/aromatic N) is 4. The van der Waals surface area contributed by atoms with E-state index in [-0.39, 0.29) is 36.5 Å². The van der Waals surface area contributed by atoms with Gasteiger partial charge < -0.3 is 14.5 Å². The zero-order valence-corrected chi connectivity index (χ0v) is 21.8. The number of carbonyl (C=O) groups excluding carboxylic acids is 2. The molecule has 9 heteroatoms. The molecule has 0 bridgehead atoms. The molecule has 0 spiro atoms. The van der Waals surface area contributed by atoms with E-state index >= 15 is 0 Å². The molecule has 1 fully saturated rings. The van der Waals surface area contributed by atoms with Crippen molar-refractivity contribution in [3.63, 3.8) is 0 Å². The first-order valence-corrected chi connectivity index (χ1v) is 12.9. The Kier molecular flexibility index (Phi) is 6.38. The number of rotatable bonds is 6. The Morgan fingerprint density at radius 3 is 2.56 bits per heavy atom. The summed E-state index contributed by atoms with van der Waals surface area (Å²) in [5.74, 6) is -0.239. The van der Waals surface area contributed by atoms with E-state index in [1.807, 2.05) is 17.0 Å². The Morgan fingerprint density at radius 1 is 1.05 bits per heavy atom. The van der Waals surface area contributed by atoms with Crippen molar-refractivity contribution in [2.24, 2.45) is 4.99 Å². The molecule has 0 radical (unpaired) electrons. The van der Waals surface area contributed by atoms with Crippen molar-refractivity contribution in [1.29, 1.82) is 0 Å². The number of aliphatic imine (C=N–C) groups is 1. The molecule has 0 aromatic heterocycles. The molecule has 0 N–H and O–H groups in total. The van der Waals surface area contributed by atoms with Gasteiger partial charge >= 0.3 is 0 Å². The number of carbonyl (C=O) groups is 2. The molecule has 1 atom stereocenters. The Bertz CT molecular complexity index is 1500. The molecule has 1 aliphatic carbocycles. The zero-order valence-electron chi connectivity index (χ0n) is 21.8. The highest BCUT2D eigenvalue weighted by atomic mass is 19.1. The van der Waals surface area contributed by atoms with Gasteiger partial charge in [-0.25, -0.2) is 8.78 Å². The summed E-state index contributed by atoms with van der Waals surface area (Å²) in [6.07, 6.45) is 0.347. The van der Waals surface area contributed by atoms with Gasteiger partial charge in [-0.1, -0.05) is 18.2 Å². The lowest BCUT2D eigenvalue weighted by Gasteiger charge is -2.35. The molecular formula is C30H28F2N4O3. The first-order chi connectivity index (χ1) is 18.8. The third-order valence-corrected chi connectivity index (χ3v) is 7.61. The largest absolute Gasteiger partial charge is 0.497 e. The third-order valence-electron chi connectivity index (χ3n) is 7.61. The number of hydrogen-bond donors (Lipinski definition) is 0. The molecule has 2 aliphatic heterocycles. The maximum atomic E-state index is 13.9. The number of benzene rings is 3. The molecular weight excluding hydrogens is 502 g/mol.